The van der Waals surface area contributed by atoms with Crippen molar-refractivity contribution in [1.82, 2.24) is 25.0 Å². The number of carbonyl (C=O) groups is 1. The van der Waals surface area contributed by atoms with Crippen LogP contribution in [0, 0.1) is 20.8 Å². The highest BCUT2D eigenvalue weighted by Crippen LogP contribution is 2.33. The highest BCUT2D eigenvalue weighted by Gasteiger charge is 2.34. The van der Waals surface area contributed by atoms with Gasteiger partial charge < -0.3 is 4.90 Å². The van der Waals surface area contributed by atoms with E-state index in [1.165, 1.54) is 0 Å². The number of aryl methyl sites for hydroxylation is 2. The molecule has 140 valence electrons. The van der Waals surface area contributed by atoms with Gasteiger partial charge in [-0.2, -0.15) is 5.10 Å². The Morgan fingerprint density at radius 1 is 1.15 bits per heavy atom. The molecule has 7 nitrogen and oxygen atoms in total. The van der Waals surface area contributed by atoms with Crippen molar-refractivity contribution < 1.29 is 9.42 Å². The van der Waals surface area contributed by atoms with Crippen LogP contribution < -0.4 is 0 Å². The summed E-state index contributed by atoms with van der Waals surface area (Å²) in [5.74, 6) is 0.0960. The summed E-state index contributed by atoms with van der Waals surface area (Å²) >= 11 is 0. The van der Waals surface area contributed by atoms with Crippen LogP contribution in [0.25, 0.3) is 5.69 Å². The van der Waals surface area contributed by atoms with Crippen LogP contribution in [0.3, 0.4) is 0 Å². The Labute approximate surface area is 157 Å². The Balaban J connectivity index is 1.58. The molecular weight excluding hydrogens is 342 g/mol. The van der Waals surface area contributed by atoms with E-state index < -0.39 is 0 Å². The molecule has 0 aliphatic carbocycles. The van der Waals surface area contributed by atoms with Crippen molar-refractivity contribution in [3.63, 3.8) is 0 Å². The number of nitrogens with zero attached hydrogens (tertiary/aromatic N) is 5. The van der Waals surface area contributed by atoms with E-state index in [1.807, 2.05) is 60.7 Å². The first-order valence-electron chi connectivity index (χ1n) is 9.25. The molecule has 0 bridgehead atoms. The lowest BCUT2D eigenvalue weighted by Crippen LogP contribution is -2.32. The first-order chi connectivity index (χ1) is 13.1. The van der Waals surface area contributed by atoms with Crippen molar-refractivity contribution in [3.8, 4) is 5.69 Å². The third kappa shape index (κ3) is 3.13. The molecule has 0 saturated carbocycles. The van der Waals surface area contributed by atoms with Gasteiger partial charge in [-0.3, -0.25) is 4.79 Å². The minimum atomic E-state index is -0.0477. The van der Waals surface area contributed by atoms with E-state index in [4.69, 9.17) is 4.63 Å². The van der Waals surface area contributed by atoms with Gasteiger partial charge in [-0.1, -0.05) is 28.5 Å². The van der Waals surface area contributed by atoms with Crippen LogP contribution in [0.1, 0.15) is 47.2 Å². The summed E-state index contributed by atoms with van der Waals surface area (Å²) in [6.07, 6.45) is 2.19. The molecule has 0 radical (unpaired) electrons. The fourth-order valence-electron chi connectivity index (χ4n) is 3.89. The second kappa shape index (κ2) is 6.98. The number of hydrogen-bond donors (Lipinski definition) is 0. The van der Waals surface area contributed by atoms with Crippen LogP contribution in [0.4, 0.5) is 0 Å². The number of para-hydroxylation sites is 1. The number of carbonyl (C=O) groups excluding carboxylic acids is 1. The summed E-state index contributed by atoms with van der Waals surface area (Å²) in [5.41, 5.74) is 5.41. The second-order valence-electron chi connectivity index (χ2n) is 7.05. The number of rotatable bonds is 4. The average Bonchev–Trinajstić information content (AvgIpc) is 3.37. The molecule has 27 heavy (non-hydrogen) atoms. The van der Waals surface area contributed by atoms with E-state index in [-0.39, 0.29) is 11.9 Å². The first-order valence-corrected chi connectivity index (χ1v) is 9.25. The summed E-state index contributed by atoms with van der Waals surface area (Å²) in [4.78, 5) is 15.0. The summed E-state index contributed by atoms with van der Waals surface area (Å²) < 4.78 is 6.75. The maximum atomic E-state index is 13.1. The molecule has 1 aromatic carbocycles. The van der Waals surface area contributed by atoms with E-state index in [2.05, 4.69) is 15.4 Å². The molecule has 0 unspecified atom stereocenters. The molecule has 3 aromatic rings. The van der Waals surface area contributed by atoms with E-state index in [0.717, 1.165) is 53.4 Å². The van der Waals surface area contributed by atoms with Gasteiger partial charge in [0.15, 0.2) is 0 Å². The van der Waals surface area contributed by atoms with E-state index >= 15 is 0 Å². The number of aromatic nitrogens is 4. The topological polar surface area (TPSA) is 77.1 Å². The molecule has 1 saturated heterocycles. The fourth-order valence-corrected chi connectivity index (χ4v) is 3.89. The number of likely N-dealkylation sites (tertiary alicyclic amines) is 1. The maximum Gasteiger partial charge on any atom is 0.227 e. The third-order valence-electron chi connectivity index (χ3n) is 5.35. The van der Waals surface area contributed by atoms with Crippen LogP contribution in [-0.2, 0) is 11.2 Å². The Morgan fingerprint density at radius 3 is 2.63 bits per heavy atom. The van der Waals surface area contributed by atoms with Crippen molar-refractivity contribution in [1.29, 1.82) is 0 Å². The largest absolute Gasteiger partial charge is 0.334 e. The molecule has 3 heterocycles. The normalized spacial score (nSPS) is 16.9. The highest BCUT2D eigenvalue weighted by atomic mass is 16.6. The van der Waals surface area contributed by atoms with Crippen molar-refractivity contribution in [3.05, 3.63) is 58.7 Å². The highest BCUT2D eigenvalue weighted by molar-refractivity contribution is 5.80. The van der Waals surface area contributed by atoms with Crippen molar-refractivity contribution in [2.24, 2.45) is 0 Å². The number of amides is 1. The van der Waals surface area contributed by atoms with Crippen molar-refractivity contribution >= 4 is 5.91 Å². The molecule has 0 spiro atoms. The fraction of sp³-hybridized carbons (Fsp3) is 0.400. The van der Waals surface area contributed by atoms with Gasteiger partial charge in [-0.25, -0.2) is 9.31 Å². The third-order valence-corrected chi connectivity index (χ3v) is 5.35. The standard InChI is InChI=1S/C20H23N5O2/c1-13-17(15(3)25(21-13)16-8-5-4-6-9-16)12-19(26)24-11-7-10-18(24)20-14(2)22-27-23-20/h4-6,8-9,18H,7,10-12H2,1-3H3/t18-/m1/s1. The summed E-state index contributed by atoms with van der Waals surface area (Å²) in [5, 5.41) is 12.5. The zero-order valence-corrected chi connectivity index (χ0v) is 15.8. The molecule has 4 rings (SSSR count). The predicted molar refractivity (Wildman–Crippen MR) is 99.5 cm³/mol. The van der Waals surface area contributed by atoms with Crippen LogP contribution in [0.5, 0.6) is 0 Å². The lowest BCUT2D eigenvalue weighted by molar-refractivity contribution is -0.131. The van der Waals surface area contributed by atoms with Crippen LogP contribution in [0.2, 0.25) is 0 Å². The van der Waals surface area contributed by atoms with Gasteiger partial charge in [0.05, 0.1) is 23.8 Å². The first kappa shape index (κ1) is 17.5. The Bertz CT molecular complexity index is 960. The smallest absolute Gasteiger partial charge is 0.227 e. The molecule has 1 amide bonds. The van der Waals surface area contributed by atoms with Gasteiger partial charge in [0.2, 0.25) is 5.91 Å². The summed E-state index contributed by atoms with van der Waals surface area (Å²) in [6.45, 7) is 6.58. The van der Waals surface area contributed by atoms with Gasteiger partial charge in [-0.05, 0) is 45.7 Å². The van der Waals surface area contributed by atoms with Gasteiger partial charge in [0.25, 0.3) is 0 Å². The van der Waals surface area contributed by atoms with Crippen LogP contribution in [-0.4, -0.2) is 37.4 Å². The zero-order chi connectivity index (χ0) is 19.0. The molecule has 1 fully saturated rings. The lowest BCUT2D eigenvalue weighted by atomic mass is 10.1. The second-order valence-corrected chi connectivity index (χ2v) is 7.05. The Morgan fingerprint density at radius 2 is 1.93 bits per heavy atom. The molecule has 1 atom stereocenters. The van der Waals surface area contributed by atoms with Gasteiger partial charge >= 0.3 is 0 Å². The van der Waals surface area contributed by atoms with Gasteiger partial charge in [0.1, 0.15) is 11.4 Å². The van der Waals surface area contributed by atoms with Crippen LogP contribution >= 0.6 is 0 Å². The molecule has 7 heteroatoms. The van der Waals surface area contributed by atoms with E-state index in [0.29, 0.717) is 6.42 Å². The average molecular weight is 365 g/mol. The van der Waals surface area contributed by atoms with Gasteiger partial charge in [-0.15, -0.1) is 0 Å². The monoisotopic (exact) mass is 365 g/mol. The Hall–Kier alpha value is -2.96. The molecule has 0 N–H and O–H groups in total. The summed E-state index contributed by atoms with van der Waals surface area (Å²) in [6, 6.07) is 9.94. The maximum absolute atomic E-state index is 13.1. The lowest BCUT2D eigenvalue weighted by Gasteiger charge is -2.23. The molecule has 1 aliphatic heterocycles. The number of hydrogen-bond acceptors (Lipinski definition) is 5. The summed E-state index contributed by atoms with van der Waals surface area (Å²) in [7, 11) is 0. The SMILES string of the molecule is Cc1nonc1[C@H]1CCCN1C(=O)Cc1c(C)nn(-c2ccccc2)c1C. The Kier molecular flexibility index (Phi) is 4.51. The van der Waals surface area contributed by atoms with Gasteiger partial charge in [0, 0.05) is 17.8 Å². The van der Waals surface area contributed by atoms with E-state index in [9.17, 15) is 4.79 Å². The molecular formula is C20H23N5O2. The van der Waals surface area contributed by atoms with Crippen molar-refractivity contribution in [2.45, 2.75) is 46.1 Å². The quantitative estimate of drug-likeness (QED) is 0.710. The minimum Gasteiger partial charge on any atom is -0.334 e. The van der Waals surface area contributed by atoms with Crippen LogP contribution in [0.15, 0.2) is 35.0 Å². The molecule has 2 aromatic heterocycles. The molecule has 1 aliphatic rings. The minimum absolute atomic E-state index is 0.0477. The van der Waals surface area contributed by atoms with Crippen molar-refractivity contribution in [2.75, 3.05) is 6.54 Å². The van der Waals surface area contributed by atoms with E-state index in [1.54, 1.807) is 0 Å². The predicted octanol–water partition coefficient (Wildman–Crippen LogP) is 3.09. The zero-order valence-electron chi connectivity index (χ0n) is 15.8. The number of benzene rings is 1.